The summed E-state index contributed by atoms with van der Waals surface area (Å²) in [6, 6.07) is 8.54. The van der Waals surface area contributed by atoms with Crippen molar-refractivity contribution in [2.45, 2.75) is 26.8 Å². The highest BCUT2D eigenvalue weighted by atomic mass is 15.2. The van der Waals surface area contributed by atoms with Crippen LogP contribution in [0.4, 0.5) is 0 Å². The third-order valence-corrected chi connectivity index (χ3v) is 5.85. The Labute approximate surface area is 203 Å². The van der Waals surface area contributed by atoms with Gasteiger partial charge in [-0.1, -0.05) is 12.7 Å². The molecule has 0 saturated heterocycles. The van der Waals surface area contributed by atoms with Crippen LogP contribution >= 0.6 is 0 Å². The van der Waals surface area contributed by atoms with Crippen molar-refractivity contribution in [2.75, 3.05) is 0 Å². The van der Waals surface area contributed by atoms with Crippen molar-refractivity contribution < 1.29 is 0 Å². The van der Waals surface area contributed by atoms with Crippen molar-refractivity contribution in [3.8, 4) is 22.5 Å². The Balaban J connectivity index is 1.59. The molecule has 0 unspecified atom stereocenters. The summed E-state index contributed by atoms with van der Waals surface area (Å²) in [4.78, 5) is 16.7. The van der Waals surface area contributed by atoms with Crippen molar-refractivity contribution in [1.82, 2.24) is 35.5 Å². The monoisotopic (exact) mass is 461 g/mol. The molecule has 5 rings (SSSR count). The lowest BCUT2D eigenvalue weighted by Gasteiger charge is -2.12. The van der Waals surface area contributed by atoms with E-state index in [1.807, 2.05) is 43.7 Å². The zero-order valence-electron chi connectivity index (χ0n) is 20.0. The van der Waals surface area contributed by atoms with E-state index >= 15 is 0 Å². The highest BCUT2D eigenvalue weighted by Gasteiger charge is 2.15. The van der Waals surface area contributed by atoms with Crippen molar-refractivity contribution >= 4 is 27.5 Å². The quantitative estimate of drug-likeness (QED) is 0.257. The van der Waals surface area contributed by atoms with Crippen LogP contribution < -0.4 is 5.32 Å². The number of allylic oxidation sites excluding steroid dienone is 4. The van der Waals surface area contributed by atoms with Gasteiger partial charge in [0.1, 0.15) is 0 Å². The Morgan fingerprint density at radius 1 is 1.06 bits per heavy atom. The van der Waals surface area contributed by atoms with Crippen LogP contribution in [0.5, 0.6) is 0 Å². The molecule has 0 aliphatic carbocycles. The number of aromatic nitrogens is 6. The molecule has 0 bridgehead atoms. The SMILES string of the molecule is C=C/C(=C\C(=C/C)c1cnc2n[nH]c(-c3cc4c(-c5ccncc5)cncc4[nH]3)c2c1)NC(C)C. The first-order valence-electron chi connectivity index (χ1n) is 11.6. The van der Waals surface area contributed by atoms with Crippen LogP contribution in [0.3, 0.4) is 0 Å². The molecule has 0 fully saturated rings. The van der Waals surface area contributed by atoms with Crippen molar-refractivity contribution in [3.63, 3.8) is 0 Å². The molecule has 0 radical (unpaired) electrons. The Hall–Kier alpha value is -4.52. The first-order chi connectivity index (χ1) is 17.1. The Morgan fingerprint density at radius 3 is 2.63 bits per heavy atom. The minimum atomic E-state index is 0.312. The molecule has 174 valence electrons. The zero-order valence-corrected chi connectivity index (χ0v) is 20.0. The molecule has 7 nitrogen and oxygen atoms in total. The van der Waals surface area contributed by atoms with E-state index in [1.54, 1.807) is 12.4 Å². The topological polar surface area (TPSA) is 95.2 Å². The second-order valence-corrected chi connectivity index (χ2v) is 8.61. The van der Waals surface area contributed by atoms with Gasteiger partial charge in [-0.25, -0.2) is 4.98 Å². The summed E-state index contributed by atoms with van der Waals surface area (Å²) in [6.07, 6.45) is 15.1. The van der Waals surface area contributed by atoms with Gasteiger partial charge in [0, 0.05) is 58.4 Å². The number of rotatable bonds is 7. The molecule has 5 aromatic heterocycles. The summed E-state index contributed by atoms with van der Waals surface area (Å²) < 4.78 is 0. The number of H-pyrrole nitrogens is 2. The third kappa shape index (κ3) is 4.36. The van der Waals surface area contributed by atoms with Gasteiger partial charge in [-0.3, -0.25) is 15.1 Å². The fourth-order valence-corrected chi connectivity index (χ4v) is 4.20. The predicted octanol–water partition coefficient (Wildman–Crippen LogP) is 6.03. The van der Waals surface area contributed by atoms with Gasteiger partial charge in [-0.05, 0) is 68.3 Å². The minimum Gasteiger partial charge on any atom is -0.383 e. The summed E-state index contributed by atoms with van der Waals surface area (Å²) in [5, 5.41) is 13.1. The molecule has 0 atom stereocenters. The molecule has 5 heterocycles. The van der Waals surface area contributed by atoms with Crippen LogP contribution in [0, 0.1) is 0 Å². The molecule has 35 heavy (non-hydrogen) atoms. The van der Waals surface area contributed by atoms with Gasteiger partial charge in [0.15, 0.2) is 5.65 Å². The lowest BCUT2D eigenvalue weighted by molar-refractivity contribution is 0.682. The van der Waals surface area contributed by atoms with E-state index in [4.69, 9.17) is 0 Å². The first-order valence-corrected chi connectivity index (χ1v) is 11.6. The Morgan fingerprint density at radius 2 is 1.89 bits per heavy atom. The van der Waals surface area contributed by atoms with Crippen LogP contribution in [0.15, 0.2) is 85.8 Å². The molecular formula is C28H27N7. The molecule has 7 heteroatoms. The fourth-order valence-electron chi connectivity index (χ4n) is 4.20. The lowest BCUT2D eigenvalue weighted by Crippen LogP contribution is -2.20. The van der Waals surface area contributed by atoms with Gasteiger partial charge in [0.25, 0.3) is 0 Å². The lowest BCUT2D eigenvalue weighted by atomic mass is 10.0. The largest absolute Gasteiger partial charge is 0.383 e. The minimum absolute atomic E-state index is 0.312. The van der Waals surface area contributed by atoms with Crippen LogP contribution in [-0.4, -0.2) is 36.2 Å². The number of fused-ring (bicyclic) bond motifs is 2. The van der Waals surface area contributed by atoms with Crippen LogP contribution in [0.2, 0.25) is 0 Å². The van der Waals surface area contributed by atoms with Crippen LogP contribution in [0.1, 0.15) is 26.3 Å². The Kier molecular flexibility index (Phi) is 5.97. The highest BCUT2D eigenvalue weighted by Crippen LogP contribution is 2.33. The smallest absolute Gasteiger partial charge is 0.181 e. The van der Waals surface area contributed by atoms with Crippen molar-refractivity contribution in [3.05, 3.63) is 91.3 Å². The van der Waals surface area contributed by atoms with Gasteiger partial charge in [-0.2, -0.15) is 5.10 Å². The average Bonchev–Trinajstić information content (AvgIpc) is 3.50. The summed E-state index contributed by atoms with van der Waals surface area (Å²) in [5.74, 6) is 0. The second-order valence-electron chi connectivity index (χ2n) is 8.61. The molecule has 0 amide bonds. The van der Waals surface area contributed by atoms with E-state index in [0.29, 0.717) is 11.7 Å². The van der Waals surface area contributed by atoms with Crippen molar-refractivity contribution in [2.24, 2.45) is 0 Å². The molecule has 3 N–H and O–H groups in total. The number of nitrogens with one attached hydrogen (secondary N) is 3. The maximum Gasteiger partial charge on any atom is 0.181 e. The van der Waals surface area contributed by atoms with E-state index in [0.717, 1.165) is 55.6 Å². The molecule has 0 aliphatic rings. The summed E-state index contributed by atoms with van der Waals surface area (Å²) in [5.41, 5.74) is 8.56. The molecule has 0 saturated carbocycles. The summed E-state index contributed by atoms with van der Waals surface area (Å²) in [6.45, 7) is 10.2. The molecule has 0 aliphatic heterocycles. The number of pyridine rings is 3. The summed E-state index contributed by atoms with van der Waals surface area (Å²) in [7, 11) is 0. The average molecular weight is 462 g/mol. The van der Waals surface area contributed by atoms with E-state index in [-0.39, 0.29) is 0 Å². The Bertz CT molecular complexity index is 1570. The van der Waals surface area contributed by atoms with Gasteiger partial charge >= 0.3 is 0 Å². The maximum atomic E-state index is 4.62. The van der Waals surface area contributed by atoms with Crippen LogP contribution in [0.25, 0.3) is 50.0 Å². The predicted molar refractivity (Wildman–Crippen MR) is 142 cm³/mol. The number of nitrogens with zero attached hydrogens (tertiary/aromatic N) is 4. The van der Waals surface area contributed by atoms with Crippen LogP contribution in [-0.2, 0) is 0 Å². The summed E-state index contributed by atoms with van der Waals surface area (Å²) >= 11 is 0. The second kappa shape index (κ2) is 9.38. The standard InChI is InChI=1S/C28H27N7/c1-5-18(11-21(6-2)32-17(3)4)20-12-23-27(34-35-28(23)31-14-20)25-13-22-24(15-30-16-26(22)33-25)19-7-9-29-10-8-19/h5-17,32-33H,2H2,1,3-4H3,(H,31,34,35)/b18-5+,21-11+. The van der Waals surface area contributed by atoms with Gasteiger partial charge in [0.2, 0.25) is 0 Å². The normalized spacial score (nSPS) is 12.6. The molecule has 0 spiro atoms. The highest BCUT2D eigenvalue weighted by molar-refractivity contribution is 6.00. The zero-order chi connectivity index (χ0) is 24.4. The molecule has 5 aromatic rings. The van der Waals surface area contributed by atoms with E-state index in [9.17, 15) is 0 Å². The number of aromatic amines is 2. The van der Waals surface area contributed by atoms with Gasteiger partial charge in [0.05, 0.1) is 23.1 Å². The molecule has 0 aromatic carbocycles. The van der Waals surface area contributed by atoms with E-state index in [2.05, 4.69) is 80.2 Å². The van der Waals surface area contributed by atoms with Gasteiger partial charge < -0.3 is 10.3 Å². The van der Waals surface area contributed by atoms with E-state index in [1.165, 1.54) is 0 Å². The first kappa shape index (κ1) is 22.3. The fraction of sp³-hybridized carbons (Fsp3) is 0.143. The maximum absolute atomic E-state index is 4.62. The molecular weight excluding hydrogens is 434 g/mol. The number of hydrogen-bond acceptors (Lipinski definition) is 5. The van der Waals surface area contributed by atoms with E-state index < -0.39 is 0 Å². The third-order valence-electron chi connectivity index (χ3n) is 5.85. The number of hydrogen-bond donors (Lipinski definition) is 3. The van der Waals surface area contributed by atoms with Gasteiger partial charge in [-0.15, -0.1) is 0 Å². The van der Waals surface area contributed by atoms with Crippen molar-refractivity contribution in [1.29, 1.82) is 0 Å².